The monoisotopic (exact) mass is 277 g/mol. The second-order valence-electron chi connectivity index (χ2n) is 5.38. The van der Waals surface area contributed by atoms with Crippen molar-refractivity contribution in [2.24, 2.45) is 21.9 Å². The largest absolute Gasteiger partial charge is 0.466 e. The highest BCUT2D eigenvalue weighted by atomic mass is 16.5. The van der Waals surface area contributed by atoms with E-state index in [9.17, 15) is 4.79 Å². The molecule has 2 unspecified atom stereocenters. The summed E-state index contributed by atoms with van der Waals surface area (Å²) in [6.07, 6.45) is 5.65. The third-order valence-corrected chi connectivity index (χ3v) is 3.46. The number of carbonyl (C=O) groups excluding carboxylic acids is 1. The van der Waals surface area contributed by atoms with Crippen molar-refractivity contribution < 1.29 is 9.53 Å². The minimum Gasteiger partial charge on any atom is -0.466 e. The van der Waals surface area contributed by atoms with Crippen molar-refractivity contribution in [3.63, 3.8) is 0 Å². The van der Waals surface area contributed by atoms with E-state index in [-0.39, 0.29) is 23.8 Å². The summed E-state index contributed by atoms with van der Waals surface area (Å²) in [5, 5.41) is 6.31. The maximum atomic E-state index is 12.2. The van der Waals surface area contributed by atoms with Gasteiger partial charge < -0.3 is 4.74 Å². The van der Waals surface area contributed by atoms with Crippen LogP contribution in [0.3, 0.4) is 0 Å². The standard InChI is InChI=1S/C15H23N3O2/c1-5-7-11-8-12(15(19)20-6-2)13-9-16-18(10(3)4)14(13)17-11/h8-10,12-13H,5-7H2,1-4H3. The molecule has 5 heteroatoms. The van der Waals surface area contributed by atoms with Crippen molar-refractivity contribution in [3.8, 4) is 0 Å². The van der Waals surface area contributed by atoms with Crippen molar-refractivity contribution in [2.45, 2.75) is 46.6 Å². The molecule has 2 atom stereocenters. The molecular formula is C15H23N3O2. The molecule has 0 aromatic heterocycles. The molecule has 0 bridgehead atoms. The number of hydrogen-bond donors (Lipinski definition) is 0. The molecule has 0 aromatic rings. The average Bonchev–Trinajstić information content (AvgIpc) is 2.82. The molecule has 5 nitrogen and oxygen atoms in total. The normalized spacial score (nSPS) is 24.6. The highest BCUT2D eigenvalue weighted by Crippen LogP contribution is 2.31. The lowest BCUT2D eigenvalue weighted by Crippen LogP contribution is -2.39. The van der Waals surface area contributed by atoms with Crippen LogP contribution in [-0.2, 0) is 9.53 Å². The van der Waals surface area contributed by atoms with Gasteiger partial charge in [-0.15, -0.1) is 0 Å². The molecule has 2 aliphatic rings. The van der Waals surface area contributed by atoms with Crippen LogP contribution in [0.5, 0.6) is 0 Å². The van der Waals surface area contributed by atoms with E-state index in [0.29, 0.717) is 6.61 Å². The van der Waals surface area contributed by atoms with E-state index in [2.05, 4.69) is 25.9 Å². The number of aliphatic imine (C=N–C) groups is 1. The summed E-state index contributed by atoms with van der Waals surface area (Å²) in [6, 6.07) is 0.235. The number of rotatable bonds is 5. The van der Waals surface area contributed by atoms with Crippen LogP contribution in [0.1, 0.15) is 40.5 Å². The molecular weight excluding hydrogens is 254 g/mol. The first-order valence-electron chi connectivity index (χ1n) is 7.37. The summed E-state index contributed by atoms with van der Waals surface area (Å²) >= 11 is 0. The fraction of sp³-hybridized carbons (Fsp3) is 0.667. The maximum absolute atomic E-state index is 12.2. The van der Waals surface area contributed by atoms with Crippen LogP contribution < -0.4 is 0 Å². The molecule has 2 aliphatic heterocycles. The molecule has 0 radical (unpaired) electrons. The van der Waals surface area contributed by atoms with E-state index in [4.69, 9.17) is 9.73 Å². The van der Waals surface area contributed by atoms with E-state index < -0.39 is 0 Å². The molecule has 0 saturated heterocycles. The zero-order chi connectivity index (χ0) is 14.7. The predicted octanol–water partition coefficient (Wildman–Crippen LogP) is 2.59. The lowest BCUT2D eigenvalue weighted by Gasteiger charge is -2.28. The Morgan fingerprint density at radius 3 is 2.80 bits per heavy atom. The fourth-order valence-electron chi connectivity index (χ4n) is 2.54. The van der Waals surface area contributed by atoms with Gasteiger partial charge in [-0.25, -0.2) is 10.0 Å². The van der Waals surface area contributed by atoms with Gasteiger partial charge in [-0.05, 0) is 33.3 Å². The number of fused-ring (bicyclic) bond motifs is 1. The van der Waals surface area contributed by atoms with E-state index >= 15 is 0 Å². The summed E-state index contributed by atoms with van der Waals surface area (Å²) in [4.78, 5) is 16.9. The second-order valence-corrected chi connectivity index (χ2v) is 5.38. The zero-order valence-corrected chi connectivity index (χ0v) is 12.7. The Bertz CT molecular complexity index is 466. The van der Waals surface area contributed by atoms with Crippen LogP contribution in [0, 0.1) is 11.8 Å². The fourth-order valence-corrected chi connectivity index (χ4v) is 2.54. The van der Waals surface area contributed by atoms with Gasteiger partial charge in [0.15, 0.2) is 0 Å². The Balaban J connectivity index is 2.29. The van der Waals surface area contributed by atoms with E-state index in [1.165, 1.54) is 0 Å². The lowest BCUT2D eigenvalue weighted by atomic mass is 9.88. The SMILES string of the molecule is CCCC1=CC(C(=O)OCC)C2C=NN(C(C)C)C2=N1. The van der Waals surface area contributed by atoms with Gasteiger partial charge in [0.1, 0.15) is 5.84 Å². The number of nitrogens with zero attached hydrogens (tertiary/aromatic N) is 3. The molecule has 2 heterocycles. The summed E-state index contributed by atoms with van der Waals surface area (Å²) in [5.74, 6) is 0.313. The van der Waals surface area contributed by atoms with Crippen molar-refractivity contribution in [3.05, 3.63) is 11.8 Å². The molecule has 0 N–H and O–H groups in total. The topological polar surface area (TPSA) is 54.3 Å². The summed E-state index contributed by atoms with van der Waals surface area (Å²) in [6.45, 7) is 8.47. The van der Waals surface area contributed by atoms with Gasteiger partial charge in [-0.1, -0.05) is 13.3 Å². The third kappa shape index (κ3) is 2.76. The van der Waals surface area contributed by atoms with Gasteiger partial charge in [0.2, 0.25) is 0 Å². The Kier molecular flexibility index (Phi) is 4.57. The van der Waals surface area contributed by atoms with Crippen molar-refractivity contribution in [1.82, 2.24) is 5.01 Å². The predicted molar refractivity (Wildman–Crippen MR) is 79.5 cm³/mol. The molecule has 110 valence electrons. The minimum absolute atomic E-state index is 0.0861. The molecule has 0 aliphatic carbocycles. The lowest BCUT2D eigenvalue weighted by molar-refractivity contribution is -0.146. The van der Waals surface area contributed by atoms with Gasteiger partial charge in [-0.3, -0.25) is 4.79 Å². The van der Waals surface area contributed by atoms with Crippen LogP contribution in [0.2, 0.25) is 0 Å². The average molecular weight is 277 g/mol. The van der Waals surface area contributed by atoms with Gasteiger partial charge in [0.05, 0.1) is 18.4 Å². The number of hydrazone groups is 1. The summed E-state index contributed by atoms with van der Waals surface area (Å²) in [5.41, 5.74) is 0.966. The quantitative estimate of drug-likeness (QED) is 0.726. The second kappa shape index (κ2) is 6.20. The number of esters is 1. The van der Waals surface area contributed by atoms with Crippen LogP contribution in [-0.4, -0.2) is 35.7 Å². The number of ether oxygens (including phenoxy) is 1. The van der Waals surface area contributed by atoms with Gasteiger partial charge in [0, 0.05) is 18.0 Å². The summed E-state index contributed by atoms with van der Waals surface area (Å²) < 4.78 is 5.19. The smallest absolute Gasteiger partial charge is 0.313 e. The highest BCUT2D eigenvalue weighted by molar-refractivity contribution is 6.05. The molecule has 0 spiro atoms. The van der Waals surface area contributed by atoms with Crippen molar-refractivity contribution >= 4 is 18.0 Å². The summed E-state index contributed by atoms with van der Waals surface area (Å²) in [7, 11) is 0. The van der Waals surface area contributed by atoms with E-state index in [0.717, 1.165) is 24.4 Å². The van der Waals surface area contributed by atoms with Gasteiger partial charge >= 0.3 is 5.97 Å². The van der Waals surface area contributed by atoms with Crippen LogP contribution in [0.25, 0.3) is 0 Å². The first-order chi connectivity index (χ1) is 9.58. The van der Waals surface area contributed by atoms with Crippen molar-refractivity contribution in [1.29, 1.82) is 0 Å². The Morgan fingerprint density at radius 2 is 2.20 bits per heavy atom. The molecule has 0 amide bonds. The highest BCUT2D eigenvalue weighted by Gasteiger charge is 2.40. The Hall–Kier alpha value is -1.65. The molecule has 0 fully saturated rings. The first-order valence-corrected chi connectivity index (χ1v) is 7.37. The van der Waals surface area contributed by atoms with Crippen LogP contribution >= 0.6 is 0 Å². The molecule has 2 rings (SSSR count). The third-order valence-electron chi connectivity index (χ3n) is 3.46. The number of hydrogen-bond acceptors (Lipinski definition) is 5. The van der Waals surface area contributed by atoms with Crippen LogP contribution in [0.15, 0.2) is 21.9 Å². The van der Waals surface area contributed by atoms with Crippen LogP contribution in [0.4, 0.5) is 0 Å². The molecule has 0 aromatic carbocycles. The Labute approximate surface area is 120 Å². The maximum Gasteiger partial charge on any atom is 0.313 e. The molecule has 0 saturated carbocycles. The number of allylic oxidation sites excluding steroid dienone is 1. The van der Waals surface area contributed by atoms with Crippen molar-refractivity contribution in [2.75, 3.05) is 6.61 Å². The minimum atomic E-state index is -0.295. The first kappa shape index (κ1) is 14.8. The number of amidine groups is 1. The molecule has 20 heavy (non-hydrogen) atoms. The van der Waals surface area contributed by atoms with E-state index in [1.807, 2.05) is 24.2 Å². The zero-order valence-electron chi connectivity index (χ0n) is 12.7. The van der Waals surface area contributed by atoms with E-state index in [1.54, 1.807) is 0 Å². The van der Waals surface area contributed by atoms with Gasteiger partial charge in [-0.2, -0.15) is 5.10 Å². The number of carbonyl (C=O) groups is 1. The Morgan fingerprint density at radius 1 is 1.45 bits per heavy atom. The van der Waals surface area contributed by atoms with Gasteiger partial charge in [0.25, 0.3) is 0 Å².